The largest absolute Gasteiger partial charge is 1.00 e. The maximum atomic E-state index is 2.62. The predicted octanol–water partition coefficient (Wildman–Crippen LogP) is -0.354. The van der Waals surface area contributed by atoms with Crippen molar-refractivity contribution in [2.45, 2.75) is 66.5 Å². The van der Waals surface area contributed by atoms with Crippen molar-refractivity contribution in [1.82, 2.24) is 0 Å². The number of hydrogen-bond acceptors (Lipinski definition) is 0. The molecule has 0 unspecified atom stereocenters. The third-order valence-corrected chi connectivity index (χ3v) is 11.7. The Kier molecular flexibility index (Phi) is 6.67. The Morgan fingerprint density at radius 1 is 0.818 bits per heavy atom. The number of rotatable bonds is 2. The van der Waals surface area contributed by atoms with Gasteiger partial charge in [0.1, 0.15) is 0 Å². The van der Waals surface area contributed by atoms with Crippen molar-refractivity contribution in [1.29, 1.82) is 0 Å². The van der Waals surface area contributed by atoms with Crippen molar-refractivity contribution in [3.05, 3.63) is 40.4 Å². The molecule has 0 spiro atoms. The number of halogens is 2. The maximum absolute atomic E-state index is 2.62. The molecule has 0 saturated heterocycles. The van der Waals surface area contributed by atoms with Gasteiger partial charge >= 0.3 is 134 Å². The topological polar surface area (TPSA) is 0 Å². The zero-order valence-electron chi connectivity index (χ0n) is 14.6. The average molecular weight is 389 g/mol. The zero-order chi connectivity index (χ0) is 14.7. The zero-order valence-corrected chi connectivity index (χ0v) is 18.7. The Morgan fingerprint density at radius 3 is 1.50 bits per heavy atom. The van der Waals surface area contributed by atoms with Crippen molar-refractivity contribution in [2.24, 2.45) is 0 Å². The molecular formula is C18H26Cl2SiTi. The molecule has 120 valence electrons. The Labute approximate surface area is 158 Å². The van der Waals surface area contributed by atoms with E-state index < -0.39 is 8.07 Å². The molecule has 0 aromatic rings. The Hall–Kier alpha value is 0.471. The van der Waals surface area contributed by atoms with Crippen LogP contribution in [0.2, 0.25) is 13.1 Å². The number of allylic oxidation sites excluding steroid dienone is 8. The third kappa shape index (κ3) is 2.82. The van der Waals surface area contributed by atoms with Crippen LogP contribution in [-0.4, -0.2) is 8.07 Å². The molecule has 0 N–H and O–H groups in total. The Balaban J connectivity index is 0.00000121. The fourth-order valence-electron chi connectivity index (χ4n) is 4.89. The van der Waals surface area contributed by atoms with Gasteiger partial charge in [0, 0.05) is 0 Å². The summed E-state index contributed by atoms with van der Waals surface area (Å²) in [6.45, 7) is 14.8. The normalized spacial score (nSPS) is 21.9. The summed E-state index contributed by atoms with van der Waals surface area (Å²) >= 11 is -0.0251. The molecule has 3 aliphatic rings. The molecule has 0 amide bonds. The van der Waals surface area contributed by atoms with E-state index in [1.807, 2.05) is 18.1 Å². The number of fused-ring (bicyclic) bond motifs is 2. The van der Waals surface area contributed by atoms with Gasteiger partial charge in [0.25, 0.3) is 0 Å². The molecule has 1 aliphatic heterocycles. The van der Waals surface area contributed by atoms with E-state index in [1.54, 1.807) is 22.3 Å². The fraction of sp³-hybridized carbons (Fsp3) is 0.556. The second-order valence-corrected chi connectivity index (χ2v) is 13.6. The van der Waals surface area contributed by atoms with Crippen molar-refractivity contribution < 1.29 is 44.0 Å². The molecule has 1 heterocycles. The van der Waals surface area contributed by atoms with Crippen LogP contribution < -0.4 is 24.8 Å². The van der Waals surface area contributed by atoms with Gasteiger partial charge in [0.05, 0.1) is 0 Å². The van der Waals surface area contributed by atoms with Gasteiger partial charge in [-0.25, -0.2) is 0 Å². The molecule has 0 aromatic heterocycles. The van der Waals surface area contributed by atoms with Crippen LogP contribution in [-0.2, 0) is 19.2 Å². The van der Waals surface area contributed by atoms with Crippen molar-refractivity contribution in [2.75, 3.05) is 0 Å². The van der Waals surface area contributed by atoms with Crippen LogP contribution in [0, 0.1) is 0 Å². The first kappa shape index (κ1) is 20.5. The SMILES string of the molecule is CCC1=[C]2CC(C)=C1[Si](C)(C)C1=C(C)C[C](=C1CC)[Ti+2]2.[Cl-].[Cl-]. The van der Waals surface area contributed by atoms with Gasteiger partial charge in [-0.3, -0.25) is 0 Å². The van der Waals surface area contributed by atoms with Gasteiger partial charge in [-0.15, -0.1) is 0 Å². The predicted molar refractivity (Wildman–Crippen MR) is 86.8 cm³/mol. The van der Waals surface area contributed by atoms with Crippen LogP contribution in [0.4, 0.5) is 0 Å². The first-order valence-electron chi connectivity index (χ1n) is 8.04. The minimum absolute atomic E-state index is 0. The molecule has 22 heavy (non-hydrogen) atoms. The second kappa shape index (κ2) is 7.15. The van der Waals surface area contributed by atoms with Gasteiger partial charge in [0.2, 0.25) is 0 Å². The van der Waals surface area contributed by atoms with Crippen LogP contribution in [0.15, 0.2) is 40.4 Å². The van der Waals surface area contributed by atoms with Crippen LogP contribution >= 0.6 is 0 Å². The summed E-state index contributed by atoms with van der Waals surface area (Å²) in [5.41, 5.74) is 7.06. The van der Waals surface area contributed by atoms with Crippen LogP contribution in [0.5, 0.6) is 0 Å². The van der Waals surface area contributed by atoms with Gasteiger partial charge < -0.3 is 24.8 Å². The molecule has 3 rings (SSSR count). The first-order chi connectivity index (χ1) is 9.41. The summed E-state index contributed by atoms with van der Waals surface area (Å²) in [7, 11) is -1.48. The van der Waals surface area contributed by atoms with Crippen molar-refractivity contribution in [3.8, 4) is 0 Å². The van der Waals surface area contributed by atoms with E-state index >= 15 is 0 Å². The molecule has 0 nitrogen and oxygen atoms in total. The molecule has 4 bridgehead atoms. The summed E-state index contributed by atoms with van der Waals surface area (Å²) in [6, 6.07) is 0. The van der Waals surface area contributed by atoms with E-state index in [-0.39, 0.29) is 44.0 Å². The average Bonchev–Trinajstić information content (AvgIpc) is 2.87. The standard InChI is InChI=1S/C18H26Si.2ClH.Ti/c1-7-15-11-9-13(3)17(15)19(5,6)18-14(4)10-12-16(18)8-2;;;/h7-10H2,1-6H3;2*1H;/q;;;+2/p-2. The minimum atomic E-state index is -1.48. The van der Waals surface area contributed by atoms with E-state index in [0.29, 0.717) is 0 Å². The van der Waals surface area contributed by atoms with Gasteiger partial charge in [-0.05, 0) is 0 Å². The fourth-order valence-corrected chi connectivity index (χ4v) is 13.1. The van der Waals surface area contributed by atoms with E-state index in [0.717, 1.165) is 0 Å². The summed E-state index contributed by atoms with van der Waals surface area (Å²) in [5.74, 6) is 0. The molecule has 0 atom stereocenters. The monoisotopic (exact) mass is 388 g/mol. The molecule has 0 aromatic carbocycles. The second-order valence-electron chi connectivity index (χ2n) is 7.04. The van der Waals surface area contributed by atoms with E-state index in [9.17, 15) is 0 Å². The number of hydrogen-bond donors (Lipinski definition) is 0. The molecule has 0 saturated carbocycles. The van der Waals surface area contributed by atoms with Gasteiger partial charge in [-0.1, -0.05) is 0 Å². The molecule has 0 radical (unpaired) electrons. The summed E-state index contributed by atoms with van der Waals surface area (Å²) in [5, 5.41) is 3.69. The Morgan fingerprint density at radius 2 is 1.18 bits per heavy atom. The van der Waals surface area contributed by atoms with E-state index in [2.05, 4.69) is 40.8 Å². The van der Waals surface area contributed by atoms with E-state index in [4.69, 9.17) is 0 Å². The minimum Gasteiger partial charge on any atom is -1.00 e. The molecule has 2 aliphatic carbocycles. The molecule has 4 heteroatoms. The van der Waals surface area contributed by atoms with Crippen molar-refractivity contribution >= 4 is 8.07 Å². The summed E-state index contributed by atoms with van der Waals surface area (Å²) in [6.07, 6.45) is 5.18. The van der Waals surface area contributed by atoms with Crippen LogP contribution in [0.1, 0.15) is 53.4 Å². The maximum Gasteiger partial charge on any atom is -1.00 e. The molecular weight excluding hydrogens is 363 g/mol. The summed E-state index contributed by atoms with van der Waals surface area (Å²) in [4.78, 5) is 0. The van der Waals surface area contributed by atoms with Gasteiger partial charge in [0.15, 0.2) is 0 Å². The Bertz CT molecular complexity index is 569. The van der Waals surface area contributed by atoms with Crippen molar-refractivity contribution in [3.63, 3.8) is 0 Å². The smallest absolute Gasteiger partial charge is 1.00 e. The quantitative estimate of drug-likeness (QED) is 0.567. The summed E-state index contributed by atoms with van der Waals surface area (Å²) < 4.78 is 3.77. The van der Waals surface area contributed by atoms with Crippen LogP contribution in [0.3, 0.4) is 0 Å². The van der Waals surface area contributed by atoms with E-state index in [1.165, 1.54) is 25.7 Å². The molecule has 0 fully saturated rings. The van der Waals surface area contributed by atoms with Gasteiger partial charge in [-0.2, -0.15) is 0 Å². The van der Waals surface area contributed by atoms with Crippen LogP contribution in [0.25, 0.3) is 0 Å². The third-order valence-electron chi connectivity index (χ3n) is 5.33. The first-order valence-corrected chi connectivity index (χ1v) is 12.6.